The average molecular weight is 202 g/mol. The number of nitrogens with one attached hydrogen (secondary N) is 1. The zero-order valence-corrected chi connectivity index (χ0v) is 9.29. The van der Waals surface area contributed by atoms with Gasteiger partial charge in [-0.3, -0.25) is 4.90 Å². The van der Waals surface area contributed by atoms with Crippen LogP contribution in [0.3, 0.4) is 0 Å². The Bertz CT molecular complexity index is 142. The summed E-state index contributed by atoms with van der Waals surface area (Å²) in [5, 5.41) is 3.20. The highest BCUT2D eigenvalue weighted by atomic mass is 16.5. The standard InChI is InChI=1S/C10H22N2O2/c1-11-8-10-9-14-7-5-12(10)4-3-6-13-2/h10-11H,3-9H2,1-2H3. The van der Waals surface area contributed by atoms with Crippen LogP contribution < -0.4 is 5.32 Å². The van der Waals surface area contributed by atoms with E-state index in [-0.39, 0.29) is 0 Å². The van der Waals surface area contributed by atoms with E-state index in [1.807, 2.05) is 7.05 Å². The smallest absolute Gasteiger partial charge is 0.0634 e. The number of methoxy groups -OCH3 is 1. The van der Waals surface area contributed by atoms with Crippen LogP contribution in [0, 0.1) is 0 Å². The molecule has 0 aromatic rings. The minimum atomic E-state index is 0.533. The van der Waals surface area contributed by atoms with E-state index in [0.717, 1.165) is 45.9 Å². The van der Waals surface area contributed by atoms with E-state index >= 15 is 0 Å². The van der Waals surface area contributed by atoms with Gasteiger partial charge in [0.05, 0.1) is 13.2 Å². The maximum absolute atomic E-state index is 5.46. The zero-order chi connectivity index (χ0) is 10.2. The van der Waals surface area contributed by atoms with Gasteiger partial charge >= 0.3 is 0 Å². The topological polar surface area (TPSA) is 33.7 Å². The number of rotatable bonds is 6. The van der Waals surface area contributed by atoms with Gasteiger partial charge in [0.25, 0.3) is 0 Å². The molecule has 0 aliphatic carbocycles. The van der Waals surface area contributed by atoms with E-state index < -0.39 is 0 Å². The molecule has 1 atom stereocenters. The molecule has 1 rings (SSSR count). The van der Waals surface area contributed by atoms with Crippen LogP contribution in [0.25, 0.3) is 0 Å². The Morgan fingerprint density at radius 1 is 1.57 bits per heavy atom. The molecular formula is C10H22N2O2. The van der Waals surface area contributed by atoms with Crippen LogP contribution in [0.2, 0.25) is 0 Å². The summed E-state index contributed by atoms with van der Waals surface area (Å²) in [5.41, 5.74) is 0. The van der Waals surface area contributed by atoms with Crippen molar-refractivity contribution in [2.45, 2.75) is 12.5 Å². The summed E-state index contributed by atoms with van der Waals surface area (Å²) >= 11 is 0. The molecule has 0 radical (unpaired) electrons. The third-order valence-corrected chi connectivity index (χ3v) is 2.58. The lowest BCUT2D eigenvalue weighted by Crippen LogP contribution is -2.50. The van der Waals surface area contributed by atoms with Gasteiger partial charge in [0.1, 0.15) is 0 Å². The molecule has 0 aromatic heterocycles. The second-order valence-corrected chi connectivity index (χ2v) is 3.67. The fourth-order valence-electron chi connectivity index (χ4n) is 1.82. The number of ether oxygens (including phenoxy) is 2. The van der Waals surface area contributed by atoms with Gasteiger partial charge in [0.15, 0.2) is 0 Å². The molecule has 4 heteroatoms. The van der Waals surface area contributed by atoms with Gasteiger partial charge in [-0.05, 0) is 13.5 Å². The molecule has 0 bridgehead atoms. The minimum Gasteiger partial charge on any atom is -0.385 e. The summed E-state index contributed by atoms with van der Waals surface area (Å²) in [6.45, 7) is 5.75. The van der Waals surface area contributed by atoms with Gasteiger partial charge in [-0.2, -0.15) is 0 Å². The number of nitrogens with zero attached hydrogens (tertiary/aromatic N) is 1. The van der Waals surface area contributed by atoms with Crippen molar-refractivity contribution in [2.24, 2.45) is 0 Å². The highest BCUT2D eigenvalue weighted by molar-refractivity contribution is 4.76. The monoisotopic (exact) mass is 202 g/mol. The molecule has 1 aliphatic heterocycles. The van der Waals surface area contributed by atoms with Crippen molar-refractivity contribution >= 4 is 0 Å². The third-order valence-electron chi connectivity index (χ3n) is 2.58. The van der Waals surface area contributed by atoms with Crippen molar-refractivity contribution in [2.75, 3.05) is 53.6 Å². The van der Waals surface area contributed by atoms with Crippen LogP contribution in [0.4, 0.5) is 0 Å². The predicted molar refractivity (Wildman–Crippen MR) is 56.6 cm³/mol. The average Bonchev–Trinajstić information content (AvgIpc) is 2.21. The summed E-state index contributed by atoms with van der Waals surface area (Å²) in [6.07, 6.45) is 1.11. The Labute approximate surface area is 86.6 Å². The summed E-state index contributed by atoms with van der Waals surface area (Å²) in [7, 11) is 3.74. The molecule has 1 N–H and O–H groups in total. The largest absolute Gasteiger partial charge is 0.385 e. The zero-order valence-electron chi connectivity index (χ0n) is 9.29. The van der Waals surface area contributed by atoms with E-state index in [0.29, 0.717) is 6.04 Å². The second-order valence-electron chi connectivity index (χ2n) is 3.67. The van der Waals surface area contributed by atoms with Gasteiger partial charge in [0, 0.05) is 39.4 Å². The molecule has 0 aromatic carbocycles. The normalized spacial score (nSPS) is 24.0. The SMILES string of the molecule is CNCC1COCCN1CCCOC. The lowest BCUT2D eigenvalue weighted by atomic mass is 10.2. The number of hydrogen-bond acceptors (Lipinski definition) is 4. The Kier molecular flexibility index (Phi) is 6.10. The summed E-state index contributed by atoms with van der Waals surface area (Å²) in [4.78, 5) is 2.49. The first-order chi connectivity index (χ1) is 6.88. The molecule has 1 saturated heterocycles. The number of hydrogen-bond donors (Lipinski definition) is 1. The predicted octanol–water partition coefficient (Wildman–Crippen LogP) is -0.0569. The molecule has 0 amide bonds. The van der Waals surface area contributed by atoms with Gasteiger partial charge in [-0.25, -0.2) is 0 Å². The van der Waals surface area contributed by atoms with E-state index in [4.69, 9.17) is 9.47 Å². The van der Waals surface area contributed by atoms with Crippen molar-refractivity contribution in [3.63, 3.8) is 0 Å². The van der Waals surface area contributed by atoms with Gasteiger partial charge in [-0.1, -0.05) is 0 Å². The molecule has 0 saturated carbocycles. The highest BCUT2D eigenvalue weighted by Crippen LogP contribution is 2.06. The van der Waals surface area contributed by atoms with E-state index in [2.05, 4.69) is 10.2 Å². The summed E-state index contributed by atoms with van der Waals surface area (Å²) in [6, 6.07) is 0.533. The van der Waals surface area contributed by atoms with Crippen molar-refractivity contribution in [1.82, 2.24) is 10.2 Å². The quantitative estimate of drug-likeness (QED) is 0.612. The van der Waals surface area contributed by atoms with Crippen LogP contribution in [-0.2, 0) is 9.47 Å². The summed E-state index contributed by atoms with van der Waals surface area (Å²) in [5.74, 6) is 0. The maximum atomic E-state index is 5.46. The Morgan fingerprint density at radius 2 is 2.43 bits per heavy atom. The Hall–Kier alpha value is -0.160. The van der Waals surface area contributed by atoms with Gasteiger partial charge in [-0.15, -0.1) is 0 Å². The minimum absolute atomic E-state index is 0.533. The van der Waals surface area contributed by atoms with Crippen molar-refractivity contribution < 1.29 is 9.47 Å². The fraction of sp³-hybridized carbons (Fsp3) is 1.00. The molecule has 1 aliphatic rings. The van der Waals surface area contributed by atoms with Crippen LogP contribution in [-0.4, -0.2) is 64.6 Å². The lowest BCUT2D eigenvalue weighted by molar-refractivity contribution is -0.00905. The van der Waals surface area contributed by atoms with Crippen LogP contribution in [0.15, 0.2) is 0 Å². The molecule has 1 heterocycles. The molecule has 0 spiro atoms. The molecule has 84 valence electrons. The van der Waals surface area contributed by atoms with Crippen molar-refractivity contribution in [1.29, 1.82) is 0 Å². The van der Waals surface area contributed by atoms with E-state index in [9.17, 15) is 0 Å². The first-order valence-electron chi connectivity index (χ1n) is 5.33. The third kappa shape index (κ3) is 3.92. The van der Waals surface area contributed by atoms with E-state index in [1.54, 1.807) is 7.11 Å². The van der Waals surface area contributed by atoms with E-state index in [1.165, 1.54) is 0 Å². The molecule has 4 nitrogen and oxygen atoms in total. The fourth-order valence-corrected chi connectivity index (χ4v) is 1.82. The molecule has 14 heavy (non-hydrogen) atoms. The van der Waals surface area contributed by atoms with Crippen molar-refractivity contribution in [3.8, 4) is 0 Å². The molecule has 1 fully saturated rings. The first-order valence-corrected chi connectivity index (χ1v) is 5.33. The van der Waals surface area contributed by atoms with Crippen LogP contribution in [0.1, 0.15) is 6.42 Å². The lowest BCUT2D eigenvalue weighted by Gasteiger charge is -2.35. The van der Waals surface area contributed by atoms with Crippen LogP contribution in [0.5, 0.6) is 0 Å². The molecular weight excluding hydrogens is 180 g/mol. The van der Waals surface area contributed by atoms with Gasteiger partial charge in [0.2, 0.25) is 0 Å². The molecule has 1 unspecified atom stereocenters. The Morgan fingerprint density at radius 3 is 3.14 bits per heavy atom. The Balaban J connectivity index is 2.22. The van der Waals surface area contributed by atoms with Crippen LogP contribution >= 0.6 is 0 Å². The summed E-state index contributed by atoms with van der Waals surface area (Å²) < 4.78 is 10.5. The number of likely N-dealkylation sites (N-methyl/N-ethyl adjacent to an activating group) is 1. The van der Waals surface area contributed by atoms with Gasteiger partial charge < -0.3 is 14.8 Å². The first kappa shape index (κ1) is 11.9. The second kappa shape index (κ2) is 7.17. The highest BCUT2D eigenvalue weighted by Gasteiger charge is 2.21. The maximum Gasteiger partial charge on any atom is 0.0634 e. The number of morpholine rings is 1. The van der Waals surface area contributed by atoms with Crippen molar-refractivity contribution in [3.05, 3.63) is 0 Å².